The van der Waals surface area contributed by atoms with Crippen LogP contribution in [0.25, 0.3) is 0 Å². The van der Waals surface area contributed by atoms with Gasteiger partial charge in [-0.25, -0.2) is 12.8 Å². The molecule has 8 heteroatoms. The number of nitrogens with zero attached hydrogens (tertiary/aromatic N) is 3. The molecule has 0 spiro atoms. The lowest BCUT2D eigenvalue weighted by atomic mass is 9.93. The molecule has 0 saturated carbocycles. The first-order valence-electron chi connectivity index (χ1n) is 10.9. The second-order valence-corrected chi connectivity index (χ2v) is 10.6. The zero-order valence-electron chi connectivity index (χ0n) is 18.2. The lowest BCUT2D eigenvalue weighted by Crippen LogP contribution is -2.50. The number of hydrogen-bond acceptors (Lipinski definition) is 5. The molecule has 170 valence electrons. The van der Waals surface area contributed by atoms with Gasteiger partial charge in [0, 0.05) is 38.6 Å². The molecule has 0 bridgehead atoms. The number of rotatable bonds is 2. The van der Waals surface area contributed by atoms with Crippen molar-refractivity contribution in [3.05, 3.63) is 94.6 Å². The molecule has 0 aliphatic carbocycles. The highest BCUT2D eigenvalue weighted by molar-refractivity contribution is 7.90. The number of hydrogen-bond donors (Lipinski definition) is 0. The van der Waals surface area contributed by atoms with Crippen LogP contribution in [-0.2, 0) is 15.6 Å². The minimum Gasteiger partial charge on any atom is -0.336 e. The summed E-state index contributed by atoms with van der Waals surface area (Å²) in [5.41, 5.74) is 3.42. The summed E-state index contributed by atoms with van der Waals surface area (Å²) >= 11 is 0. The van der Waals surface area contributed by atoms with Gasteiger partial charge >= 0.3 is 0 Å². The van der Waals surface area contributed by atoms with E-state index in [1.807, 2.05) is 25.1 Å². The molecule has 5 rings (SSSR count). The largest absolute Gasteiger partial charge is 0.336 e. The number of benzene rings is 2. The summed E-state index contributed by atoms with van der Waals surface area (Å²) in [7, 11) is -3.56. The van der Waals surface area contributed by atoms with E-state index < -0.39 is 21.7 Å². The molecule has 3 aromatic rings. The quantitative estimate of drug-likeness (QED) is 0.581. The van der Waals surface area contributed by atoms with Gasteiger partial charge in [0.05, 0.1) is 22.3 Å². The zero-order chi connectivity index (χ0) is 23.2. The van der Waals surface area contributed by atoms with E-state index in [1.165, 1.54) is 12.1 Å². The second kappa shape index (κ2) is 8.35. The normalized spacial score (nSPS) is 19.9. The van der Waals surface area contributed by atoms with Crippen molar-refractivity contribution in [2.45, 2.75) is 23.6 Å². The number of carbonyl (C=O) groups excluding carboxylic acids is 1. The highest BCUT2D eigenvalue weighted by atomic mass is 32.2. The minimum absolute atomic E-state index is 0.0684. The molecule has 1 aromatic heterocycles. The van der Waals surface area contributed by atoms with E-state index in [1.54, 1.807) is 35.5 Å². The number of halogens is 1. The summed E-state index contributed by atoms with van der Waals surface area (Å²) in [6.07, 6.45) is 3.29. The van der Waals surface area contributed by atoms with Crippen molar-refractivity contribution in [2.75, 3.05) is 26.2 Å². The van der Waals surface area contributed by atoms with Gasteiger partial charge in [-0.3, -0.25) is 14.7 Å². The number of amides is 1. The van der Waals surface area contributed by atoms with Crippen molar-refractivity contribution < 1.29 is 17.6 Å². The number of carbonyl (C=O) groups is 1. The van der Waals surface area contributed by atoms with E-state index in [0.717, 1.165) is 5.56 Å². The Bertz CT molecular complexity index is 1330. The van der Waals surface area contributed by atoms with Gasteiger partial charge in [0.25, 0.3) is 5.91 Å². The monoisotopic (exact) mass is 465 g/mol. The molecule has 3 heterocycles. The van der Waals surface area contributed by atoms with Gasteiger partial charge in [0.2, 0.25) is 0 Å². The number of fused-ring (bicyclic) bond motifs is 2. The molecule has 6 nitrogen and oxygen atoms in total. The van der Waals surface area contributed by atoms with Crippen LogP contribution in [0.1, 0.15) is 38.7 Å². The van der Waals surface area contributed by atoms with Crippen LogP contribution in [-0.4, -0.2) is 55.3 Å². The maximum absolute atomic E-state index is 14.3. The number of piperazine rings is 1. The molecule has 2 aliphatic heterocycles. The Hall–Kier alpha value is -3.10. The van der Waals surface area contributed by atoms with Crippen molar-refractivity contribution >= 4 is 15.7 Å². The number of sulfone groups is 1. The van der Waals surface area contributed by atoms with Crippen LogP contribution in [0.2, 0.25) is 0 Å². The summed E-state index contributed by atoms with van der Waals surface area (Å²) < 4.78 is 40.5. The SMILES string of the molecule is Cc1cncc(C(=O)N2CCN(C3c4cc(F)ccc4CS(=O)(=O)c4ccccc43)CC2)c1. The fraction of sp³-hybridized carbons (Fsp3) is 0.280. The van der Waals surface area contributed by atoms with Crippen LogP contribution in [0.3, 0.4) is 0 Å². The van der Waals surface area contributed by atoms with E-state index in [0.29, 0.717) is 48.4 Å². The third-order valence-corrected chi connectivity index (χ3v) is 8.12. The Labute approximate surface area is 192 Å². The van der Waals surface area contributed by atoms with Gasteiger partial charge in [-0.15, -0.1) is 0 Å². The van der Waals surface area contributed by atoms with Gasteiger partial charge in [0.1, 0.15) is 5.82 Å². The van der Waals surface area contributed by atoms with E-state index >= 15 is 0 Å². The lowest BCUT2D eigenvalue weighted by molar-refractivity contribution is 0.0595. The molecule has 1 unspecified atom stereocenters. The minimum atomic E-state index is -3.56. The zero-order valence-corrected chi connectivity index (χ0v) is 19.1. The Balaban J connectivity index is 1.48. The van der Waals surface area contributed by atoms with Gasteiger partial charge in [0.15, 0.2) is 9.84 Å². The van der Waals surface area contributed by atoms with Gasteiger partial charge in [-0.2, -0.15) is 0 Å². The van der Waals surface area contributed by atoms with Crippen molar-refractivity contribution in [2.24, 2.45) is 0 Å². The fourth-order valence-electron chi connectivity index (χ4n) is 4.82. The molecule has 2 aliphatic rings. The van der Waals surface area contributed by atoms with Crippen LogP contribution in [0.5, 0.6) is 0 Å². The van der Waals surface area contributed by atoms with E-state index in [-0.39, 0.29) is 16.6 Å². The lowest BCUT2D eigenvalue weighted by Gasteiger charge is -2.40. The Morgan fingerprint density at radius 1 is 1.00 bits per heavy atom. The predicted molar refractivity (Wildman–Crippen MR) is 122 cm³/mol. The highest BCUT2D eigenvalue weighted by Crippen LogP contribution is 2.40. The number of aromatic nitrogens is 1. The number of aryl methyl sites for hydroxylation is 1. The molecule has 0 radical (unpaired) electrons. The molecule has 1 atom stereocenters. The van der Waals surface area contributed by atoms with E-state index in [4.69, 9.17) is 0 Å². The molecule has 1 amide bonds. The average Bonchev–Trinajstić information content (AvgIpc) is 2.90. The van der Waals surface area contributed by atoms with Crippen molar-refractivity contribution in [1.29, 1.82) is 0 Å². The molecular formula is C25H24FN3O3S. The first-order valence-corrected chi connectivity index (χ1v) is 12.5. The standard InChI is InChI=1S/C25H24FN3O3S/c1-17-12-19(15-27-14-17)25(30)29-10-8-28(9-11-29)24-21-4-2-3-5-23(21)33(31,32)16-18-6-7-20(26)13-22(18)24/h2-7,12-15,24H,8-11,16H2,1H3. The summed E-state index contributed by atoms with van der Waals surface area (Å²) in [5, 5.41) is 0. The molecule has 2 aromatic carbocycles. The molecule has 0 N–H and O–H groups in total. The van der Waals surface area contributed by atoms with E-state index in [9.17, 15) is 17.6 Å². The smallest absolute Gasteiger partial charge is 0.255 e. The molecule has 1 saturated heterocycles. The summed E-state index contributed by atoms with van der Waals surface area (Å²) in [6, 6.07) is 12.7. The van der Waals surface area contributed by atoms with Gasteiger partial charge in [-0.05, 0) is 53.4 Å². The Morgan fingerprint density at radius 2 is 1.76 bits per heavy atom. The topological polar surface area (TPSA) is 70.6 Å². The average molecular weight is 466 g/mol. The maximum atomic E-state index is 14.3. The highest BCUT2D eigenvalue weighted by Gasteiger charge is 2.36. The van der Waals surface area contributed by atoms with Crippen molar-refractivity contribution in [1.82, 2.24) is 14.8 Å². The predicted octanol–water partition coefficient (Wildman–Crippen LogP) is 3.36. The summed E-state index contributed by atoms with van der Waals surface area (Å²) in [6.45, 7) is 3.96. The van der Waals surface area contributed by atoms with Crippen LogP contribution in [0.4, 0.5) is 4.39 Å². The van der Waals surface area contributed by atoms with E-state index in [2.05, 4.69) is 9.88 Å². The fourth-order valence-corrected chi connectivity index (χ4v) is 6.48. The van der Waals surface area contributed by atoms with Gasteiger partial charge < -0.3 is 4.90 Å². The van der Waals surface area contributed by atoms with Crippen molar-refractivity contribution in [3.63, 3.8) is 0 Å². The van der Waals surface area contributed by atoms with Crippen LogP contribution in [0, 0.1) is 12.7 Å². The molecule has 33 heavy (non-hydrogen) atoms. The third-order valence-electron chi connectivity index (χ3n) is 6.39. The molecular weight excluding hydrogens is 441 g/mol. The Kier molecular flexibility index (Phi) is 5.50. The summed E-state index contributed by atoms with van der Waals surface area (Å²) in [5.74, 6) is -0.619. The first kappa shape index (κ1) is 21.7. The van der Waals surface area contributed by atoms with Crippen LogP contribution >= 0.6 is 0 Å². The van der Waals surface area contributed by atoms with Gasteiger partial charge in [-0.1, -0.05) is 24.3 Å². The number of pyridine rings is 1. The van der Waals surface area contributed by atoms with Crippen LogP contribution < -0.4 is 0 Å². The second-order valence-electron chi connectivity index (χ2n) is 8.62. The maximum Gasteiger partial charge on any atom is 0.255 e. The third kappa shape index (κ3) is 4.05. The van der Waals surface area contributed by atoms with Crippen LogP contribution in [0.15, 0.2) is 65.8 Å². The first-order chi connectivity index (χ1) is 15.8. The van der Waals surface area contributed by atoms with Crippen molar-refractivity contribution in [3.8, 4) is 0 Å². The Morgan fingerprint density at radius 3 is 2.52 bits per heavy atom. The summed E-state index contributed by atoms with van der Waals surface area (Å²) in [4.78, 5) is 21.3. The molecule has 1 fully saturated rings.